The Morgan fingerprint density at radius 3 is 1.14 bits per heavy atom. The molecule has 1 N–H and O–H groups in total. The standard InChI is InChI=1S/C45H52N2P2/c1-5-13-40(14-6-1)48(41-15-7-2-8-16-41,46-44-27-34-21-35(28-44)23-36(22-34)29-44)33-49(42-17-9-3-10-18-42,43-19-11-4-12-20-43)47-45-30-37-24-38(31-45)26-39(25-37)32-45/h1-20,33-39,46H,21-32H2. The van der Waals surface area contributed by atoms with Gasteiger partial charge in [0.05, 0.1) is 12.6 Å². The molecule has 0 spiro atoms. The first-order valence-corrected chi connectivity index (χ1v) is 23.1. The first kappa shape index (κ1) is 31.1. The van der Waals surface area contributed by atoms with Crippen LogP contribution in [0.15, 0.2) is 126 Å². The van der Waals surface area contributed by atoms with Gasteiger partial charge in [-0.15, -0.1) is 0 Å². The Hall–Kier alpha value is -2.63. The molecule has 0 aromatic heterocycles. The maximum absolute atomic E-state index is 6.61. The van der Waals surface area contributed by atoms with Crippen molar-refractivity contribution in [3.05, 3.63) is 121 Å². The van der Waals surface area contributed by atoms with Crippen molar-refractivity contribution in [3.8, 4) is 0 Å². The number of nitrogens with one attached hydrogen (secondary N) is 1. The number of hydrogen-bond donors (Lipinski definition) is 1. The molecule has 8 fully saturated rings. The van der Waals surface area contributed by atoms with Crippen LogP contribution in [0.2, 0.25) is 0 Å². The molecule has 0 saturated heterocycles. The molecule has 252 valence electrons. The molecule has 4 aromatic carbocycles. The van der Waals surface area contributed by atoms with Gasteiger partial charge >= 0.3 is 0 Å². The van der Waals surface area contributed by atoms with E-state index in [-0.39, 0.29) is 11.1 Å². The van der Waals surface area contributed by atoms with E-state index in [2.05, 4.69) is 127 Å². The number of rotatable bonds is 8. The lowest BCUT2D eigenvalue weighted by Gasteiger charge is -2.59. The van der Waals surface area contributed by atoms with Crippen LogP contribution in [0.3, 0.4) is 0 Å². The van der Waals surface area contributed by atoms with Crippen molar-refractivity contribution in [1.82, 2.24) is 5.09 Å². The molecule has 49 heavy (non-hydrogen) atoms. The van der Waals surface area contributed by atoms with E-state index in [1.165, 1.54) is 98.3 Å². The molecule has 4 aromatic rings. The molecule has 12 rings (SSSR count). The van der Waals surface area contributed by atoms with Crippen molar-refractivity contribution < 1.29 is 0 Å². The van der Waals surface area contributed by atoms with Gasteiger partial charge < -0.3 is 0 Å². The molecular weight excluding hydrogens is 630 g/mol. The predicted molar refractivity (Wildman–Crippen MR) is 212 cm³/mol. The smallest absolute Gasteiger partial charge is 0.0612 e. The molecule has 0 atom stereocenters. The quantitative estimate of drug-likeness (QED) is 0.184. The third-order valence-corrected chi connectivity index (χ3v) is 22.5. The zero-order valence-electron chi connectivity index (χ0n) is 28.9. The van der Waals surface area contributed by atoms with Crippen LogP contribution in [0, 0.1) is 35.5 Å². The van der Waals surface area contributed by atoms with Gasteiger partial charge in [0.2, 0.25) is 0 Å². The second kappa shape index (κ2) is 12.0. The average Bonchev–Trinajstić information content (AvgIpc) is 3.11. The highest BCUT2D eigenvalue weighted by Crippen LogP contribution is 2.65. The Bertz CT molecular complexity index is 1760. The normalized spacial score (nSPS) is 34.2. The van der Waals surface area contributed by atoms with Gasteiger partial charge in [0, 0.05) is 12.6 Å². The van der Waals surface area contributed by atoms with Crippen LogP contribution in [-0.4, -0.2) is 16.6 Å². The molecule has 0 radical (unpaired) electrons. The topological polar surface area (TPSA) is 24.4 Å². The minimum absolute atomic E-state index is 0.0778. The van der Waals surface area contributed by atoms with Crippen LogP contribution in [0.5, 0.6) is 0 Å². The summed E-state index contributed by atoms with van der Waals surface area (Å²) in [4.78, 5) is 0. The SMILES string of the molecule is C(=P(NC12CC3CC(CC(C3)C1)C2)(c1ccccc1)c1ccccc1)P(=NC12CC3CC(CC(C3)C1)C2)(c1ccccc1)c1ccccc1. The fourth-order valence-electron chi connectivity index (χ4n) is 12.9. The van der Waals surface area contributed by atoms with Gasteiger partial charge in [0.1, 0.15) is 0 Å². The molecule has 0 amide bonds. The van der Waals surface area contributed by atoms with E-state index in [1.54, 1.807) is 0 Å². The van der Waals surface area contributed by atoms with Crippen LogP contribution in [0.25, 0.3) is 0 Å². The zero-order chi connectivity index (χ0) is 32.5. The molecule has 4 heteroatoms. The zero-order valence-corrected chi connectivity index (χ0v) is 30.7. The van der Waals surface area contributed by atoms with E-state index < -0.39 is 14.1 Å². The van der Waals surface area contributed by atoms with E-state index >= 15 is 0 Å². The van der Waals surface area contributed by atoms with Crippen molar-refractivity contribution in [2.45, 2.75) is 88.1 Å². The summed E-state index contributed by atoms with van der Waals surface area (Å²) < 4.78 is 6.61. The lowest BCUT2D eigenvalue weighted by atomic mass is 9.53. The summed E-state index contributed by atoms with van der Waals surface area (Å²) in [7, 11) is -4.76. The van der Waals surface area contributed by atoms with Crippen molar-refractivity contribution in [1.29, 1.82) is 0 Å². The lowest BCUT2D eigenvalue weighted by Crippen LogP contribution is -2.59. The molecule has 0 unspecified atom stereocenters. The Labute approximate surface area is 294 Å². The van der Waals surface area contributed by atoms with E-state index in [0.717, 1.165) is 35.5 Å². The summed E-state index contributed by atoms with van der Waals surface area (Å²) >= 11 is 0. The van der Waals surface area contributed by atoms with Crippen LogP contribution in [0.1, 0.15) is 77.0 Å². The predicted octanol–water partition coefficient (Wildman–Crippen LogP) is 9.71. The van der Waals surface area contributed by atoms with Gasteiger partial charge in [-0.25, -0.2) is 0 Å². The molecule has 8 aliphatic carbocycles. The fourth-order valence-corrected chi connectivity index (χ4v) is 23.0. The third-order valence-electron chi connectivity index (χ3n) is 13.8. The number of benzene rings is 4. The van der Waals surface area contributed by atoms with Gasteiger partial charge in [-0.3, -0.25) is 9.83 Å². The van der Waals surface area contributed by atoms with Gasteiger partial charge in [0.25, 0.3) is 0 Å². The van der Waals surface area contributed by atoms with Crippen LogP contribution in [-0.2, 0) is 0 Å². The Balaban J connectivity index is 1.31. The maximum Gasteiger partial charge on any atom is 0.0612 e. The van der Waals surface area contributed by atoms with Crippen molar-refractivity contribution >= 4 is 40.8 Å². The molecule has 2 nitrogen and oxygen atoms in total. The molecule has 8 saturated carbocycles. The number of nitrogens with zero attached hydrogens (tertiary/aromatic N) is 1. The highest BCUT2D eigenvalue weighted by atomic mass is 31.2. The molecule has 0 heterocycles. The van der Waals surface area contributed by atoms with Crippen LogP contribution >= 0.6 is 14.1 Å². The minimum Gasteiger partial charge on any atom is -0.284 e. The molecule has 8 bridgehead atoms. The molecule has 8 aliphatic rings. The first-order valence-electron chi connectivity index (χ1n) is 19.4. The first-order chi connectivity index (χ1) is 24.0. The highest BCUT2D eigenvalue weighted by Gasteiger charge is 2.54. The second-order valence-corrected chi connectivity index (χ2v) is 23.6. The largest absolute Gasteiger partial charge is 0.284 e. The van der Waals surface area contributed by atoms with Crippen LogP contribution < -0.4 is 26.3 Å². The number of hydrogen-bond acceptors (Lipinski definition) is 2. The Morgan fingerprint density at radius 2 is 0.776 bits per heavy atom. The summed E-state index contributed by atoms with van der Waals surface area (Å²) in [6, 6.07) is 46.8. The molecular formula is C45H52N2P2. The summed E-state index contributed by atoms with van der Waals surface area (Å²) in [5.74, 6) is 5.22. The van der Waals surface area contributed by atoms with Crippen molar-refractivity contribution in [2.24, 2.45) is 40.3 Å². The second-order valence-electron chi connectivity index (χ2n) is 17.4. The minimum atomic E-state index is -2.42. The van der Waals surface area contributed by atoms with Crippen LogP contribution in [0.4, 0.5) is 0 Å². The average molecular weight is 683 g/mol. The lowest BCUT2D eigenvalue weighted by molar-refractivity contribution is -0.00752. The van der Waals surface area contributed by atoms with E-state index in [4.69, 9.17) is 9.83 Å². The van der Waals surface area contributed by atoms with Crippen molar-refractivity contribution in [2.75, 3.05) is 0 Å². The maximum atomic E-state index is 6.61. The summed E-state index contributed by atoms with van der Waals surface area (Å²) in [6.45, 7) is 0. The van der Waals surface area contributed by atoms with Gasteiger partial charge in [0.15, 0.2) is 0 Å². The summed E-state index contributed by atoms with van der Waals surface area (Å²) in [5.41, 5.74) is 3.23. The highest BCUT2D eigenvalue weighted by molar-refractivity contribution is 8.07. The third kappa shape index (κ3) is 5.43. The van der Waals surface area contributed by atoms with Gasteiger partial charge in [-0.2, -0.15) is 0 Å². The monoisotopic (exact) mass is 682 g/mol. The van der Waals surface area contributed by atoms with E-state index in [1.807, 2.05) is 0 Å². The Kier molecular flexibility index (Phi) is 7.61. The van der Waals surface area contributed by atoms with Gasteiger partial charge in [-0.1, -0.05) is 121 Å². The van der Waals surface area contributed by atoms with E-state index in [0.29, 0.717) is 0 Å². The molecule has 0 aliphatic heterocycles. The summed E-state index contributed by atoms with van der Waals surface area (Å²) in [6.07, 6.45) is 16.6. The summed E-state index contributed by atoms with van der Waals surface area (Å²) in [5, 5.41) is 10.6. The van der Waals surface area contributed by atoms with Crippen molar-refractivity contribution in [3.63, 3.8) is 0 Å². The Morgan fingerprint density at radius 1 is 0.449 bits per heavy atom. The fraction of sp³-hybridized carbons (Fsp3) is 0.444. The van der Waals surface area contributed by atoms with Gasteiger partial charge in [-0.05, 0) is 139 Å². The van der Waals surface area contributed by atoms with E-state index in [9.17, 15) is 0 Å².